The van der Waals surface area contributed by atoms with Crippen LogP contribution in [0.1, 0.15) is 6.92 Å². The summed E-state index contributed by atoms with van der Waals surface area (Å²) in [4.78, 5) is 0. The first kappa shape index (κ1) is 10.0. The molecule has 0 amide bonds. The molecular formula is C8H14N4O. The Bertz CT molecular complexity index is 174. The van der Waals surface area contributed by atoms with Crippen molar-refractivity contribution in [3.8, 4) is 0 Å². The molecule has 13 heavy (non-hydrogen) atoms. The van der Waals surface area contributed by atoms with Crippen LogP contribution in [0.2, 0.25) is 0 Å². The van der Waals surface area contributed by atoms with Crippen molar-refractivity contribution in [2.45, 2.75) is 13.0 Å². The van der Waals surface area contributed by atoms with E-state index in [1.165, 1.54) is 0 Å². The molecular weight excluding hydrogens is 168 g/mol. The molecule has 0 bridgehead atoms. The third-order valence-corrected chi connectivity index (χ3v) is 1.52. The third-order valence-electron chi connectivity index (χ3n) is 1.52. The Labute approximate surface area is 77.5 Å². The molecule has 1 saturated heterocycles. The lowest BCUT2D eigenvalue weighted by molar-refractivity contribution is 0.0410. The second kappa shape index (κ2) is 6.45. The molecule has 1 aromatic rings. The molecule has 1 aromatic heterocycles. The first-order chi connectivity index (χ1) is 6.39. The van der Waals surface area contributed by atoms with Gasteiger partial charge in [0, 0.05) is 13.1 Å². The van der Waals surface area contributed by atoms with Gasteiger partial charge in [-0.25, -0.2) is 0 Å². The topological polar surface area (TPSA) is 59.9 Å². The zero-order chi connectivity index (χ0) is 9.36. The molecule has 2 rings (SSSR count). The maximum absolute atomic E-state index is 5.22. The Hall–Kier alpha value is -1.07. The monoisotopic (exact) mass is 182 g/mol. The van der Waals surface area contributed by atoms with Gasteiger partial charge in [-0.3, -0.25) is 0 Å². The lowest BCUT2D eigenvalue weighted by atomic mass is 10.3. The SMILES string of the molecule is CC1CNCCO1.c1cnnnc1. The standard InChI is InChI=1S/C5H11NO.C3H3N3/c1-5-4-6-2-3-7-5;1-2-4-6-5-3-1/h5-6H,2-4H2,1H3;1-3H. The molecule has 72 valence electrons. The van der Waals surface area contributed by atoms with E-state index in [0.29, 0.717) is 6.10 Å². The highest BCUT2D eigenvalue weighted by Gasteiger charge is 2.04. The maximum Gasteiger partial charge on any atom is 0.0672 e. The van der Waals surface area contributed by atoms with Crippen molar-refractivity contribution in [1.29, 1.82) is 0 Å². The maximum atomic E-state index is 5.22. The minimum Gasteiger partial charge on any atom is -0.376 e. The predicted molar refractivity (Wildman–Crippen MR) is 48.1 cm³/mol. The molecule has 1 fully saturated rings. The van der Waals surface area contributed by atoms with Gasteiger partial charge in [-0.1, -0.05) is 0 Å². The summed E-state index contributed by atoms with van der Waals surface area (Å²) in [6, 6.07) is 1.72. The van der Waals surface area contributed by atoms with Crippen LogP contribution in [0.5, 0.6) is 0 Å². The molecule has 2 heterocycles. The molecule has 1 unspecified atom stereocenters. The molecule has 0 aromatic carbocycles. The molecule has 0 saturated carbocycles. The molecule has 1 atom stereocenters. The van der Waals surface area contributed by atoms with Gasteiger partial charge in [-0.15, -0.1) is 10.2 Å². The van der Waals surface area contributed by atoms with E-state index in [9.17, 15) is 0 Å². The zero-order valence-corrected chi connectivity index (χ0v) is 7.68. The highest BCUT2D eigenvalue weighted by atomic mass is 16.5. The minimum atomic E-state index is 0.425. The van der Waals surface area contributed by atoms with E-state index in [1.807, 2.05) is 0 Å². The van der Waals surface area contributed by atoms with Crippen molar-refractivity contribution in [1.82, 2.24) is 20.7 Å². The van der Waals surface area contributed by atoms with Gasteiger partial charge in [0.25, 0.3) is 0 Å². The quantitative estimate of drug-likeness (QED) is 0.605. The summed E-state index contributed by atoms with van der Waals surface area (Å²) in [5.74, 6) is 0. The summed E-state index contributed by atoms with van der Waals surface area (Å²) in [7, 11) is 0. The Kier molecular flexibility index (Phi) is 4.97. The summed E-state index contributed by atoms with van der Waals surface area (Å²) >= 11 is 0. The van der Waals surface area contributed by atoms with Crippen LogP contribution < -0.4 is 5.32 Å². The van der Waals surface area contributed by atoms with Crippen LogP contribution in [-0.4, -0.2) is 41.2 Å². The Balaban J connectivity index is 0.000000132. The largest absolute Gasteiger partial charge is 0.376 e. The molecule has 0 spiro atoms. The molecule has 0 aliphatic carbocycles. The second-order valence-corrected chi connectivity index (χ2v) is 2.70. The lowest BCUT2D eigenvalue weighted by Gasteiger charge is -2.18. The number of nitrogens with zero attached hydrogens (tertiary/aromatic N) is 3. The minimum absolute atomic E-state index is 0.425. The third kappa shape index (κ3) is 5.21. The average Bonchev–Trinajstić information content (AvgIpc) is 2.22. The van der Waals surface area contributed by atoms with Crippen LogP contribution in [0.4, 0.5) is 0 Å². The van der Waals surface area contributed by atoms with E-state index in [-0.39, 0.29) is 0 Å². The van der Waals surface area contributed by atoms with E-state index in [1.54, 1.807) is 18.5 Å². The second-order valence-electron chi connectivity index (χ2n) is 2.70. The molecule has 1 aliphatic rings. The Morgan fingerprint density at radius 3 is 2.38 bits per heavy atom. The van der Waals surface area contributed by atoms with Crippen LogP contribution >= 0.6 is 0 Å². The fourth-order valence-electron chi connectivity index (χ4n) is 0.901. The normalized spacial score (nSPS) is 21.5. The first-order valence-corrected chi connectivity index (χ1v) is 4.30. The zero-order valence-electron chi connectivity index (χ0n) is 7.68. The summed E-state index contributed by atoms with van der Waals surface area (Å²) in [5.41, 5.74) is 0. The van der Waals surface area contributed by atoms with Crippen molar-refractivity contribution in [2.24, 2.45) is 0 Å². The number of aromatic nitrogens is 3. The van der Waals surface area contributed by atoms with E-state index in [2.05, 4.69) is 27.7 Å². The first-order valence-electron chi connectivity index (χ1n) is 4.30. The highest BCUT2D eigenvalue weighted by molar-refractivity contribution is 4.69. The van der Waals surface area contributed by atoms with Gasteiger partial charge < -0.3 is 10.1 Å². The molecule has 1 aliphatic heterocycles. The van der Waals surface area contributed by atoms with Gasteiger partial charge in [-0.2, -0.15) is 0 Å². The van der Waals surface area contributed by atoms with Gasteiger partial charge in [0.2, 0.25) is 0 Å². The van der Waals surface area contributed by atoms with Crippen molar-refractivity contribution < 1.29 is 4.74 Å². The van der Waals surface area contributed by atoms with Crippen molar-refractivity contribution in [3.05, 3.63) is 18.5 Å². The Morgan fingerprint density at radius 1 is 1.38 bits per heavy atom. The van der Waals surface area contributed by atoms with Crippen LogP contribution in [-0.2, 0) is 4.74 Å². The lowest BCUT2D eigenvalue weighted by Crippen LogP contribution is -2.36. The van der Waals surface area contributed by atoms with Crippen molar-refractivity contribution in [3.63, 3.8) is 0 Å². The summed E-state index contributed by atoms with van der Waals surface area (Å²) in [6.45, 7) is 4.98. The molecule has 0 radical (unpaired) electrons. The van der Waals surface area contributed by atoms with E-state index in [4.69, 9.17) is 4.74 Å². The number of ether oxygens (including phenoxy) is 1. The molecule has 5 heteroatoms. The fraction of sp³-hybridized carbons (Fsp3) is 0.625. The smallest absolute Gasteiger partial charge is 0.0672 e. The van der Waals surface area contributed by atoms with Gasteiger partial charge >= 0.3 is 0 Å². The summed E-state index contributed by atoms with van der Waals surface area (Å²) in [6.07, 6.45) is 3.58. The predicted octanol–water partition coefficient (Wildman–Crippen LogP) is -0.134. The van der Waals surface area contributed by atoms with Crippen LogP contribution in [0, 0.1) is 0 Å². The van der Waals surface area contributed by atoms with Crippen LogP contribution in [0.15, 0.2) is 18.5 Å². The average molecular weight is 182 g/mol. The van der Waals surface area contributed by atoms with Crippen LogP contribution in [0.25, 0.3) is 0 Å². The van der Waals surface area contributed by atoms with Crippen molar-refractivity contribution >= 4 is 0 Å². The van der Waals surface area contributed by atoms with E-state index in [0.717, 1.165) is 19.7 Å². The number of hydrogen-bond donors (Lipinski definition) is 1. The Morgan fingerprint density at radius 2 is 2.15 bits per heavy atom. The van der Waals surface area contributed by atoms with Gasteiger partial charge in [0.15, 0.2) is 0 Å². The number of nitrogens with one attached hydrogen (secondary N) is 1. The molecule has 5 nitrogen and oxygen atoms in total. The number of morpholine rings is 1. The van der Waals surface area contributed by atoms with Gasteiger partial charge in [-0.05, 0) is 18.2 Å². The van der Waals surface area contributed by atoms with Crippen molar-refractivity contribution in [2.75, 3.05) is 19.7 Å². The van der Waals surface area contributed by atoms with Gasteiger partial charge in [0.05, 0.1) is 25.1 Å². The molecule has 1 N–H and O–H groups in total. The number of rotatable bonds is 0. The van der Waals surface area contributed by atoms with E-state index < -0.39 is 0 Å². The summed E-state index contributed by atoms with van der Waals surface area (Å²) in [5, 5.41) is 13.3. The number of hydrogen-bond acceptors (Lipinski definition) is 5. The summed E-state index contributed by atoms with van der Waals surface area (Å²) < 4.78 is 5.22. The highest BCUT2D eigenvalue weighted by Crippen LogP contribution is 1.91. The van der Waals surface area contributed by atoms with E-state index >= 15 is 0 Å². The van der Waals surface area contributed by atoms with Crippen LogP contribution in [0.3, 0.4) is 0 Å². The van der Waals surface area contributed by atoms with Gasteiger partial charge in [0.1, 0.15) is 0 Å². The fourth-order valence-corrected chi connectivity index (χ4v) is 0.901.